The van der Waals surface area contributed by atoms with E-state index >= 15 is 0 Å². The van der Waals surface area contributed by atoms with Crippen LogP contribution >= 0.6 is 0 Å². The van der Waals surface area contributed by atoms with E-state index in [4.69, 9.17) is 0 Å². The summed E-state index contributed by atoms with van der Waals surface area (Å²) >= 11 is 0. The summed E-state index contributed by atoms with van der Waals surface area (Å²) in [6, 6.07) is 11.1. The number of benzene rings is 1. The van der Waals surface area contributed by atoms with Crippen molar-refractivity contribution in [2.24, 2.45) is 11.8 Å². The van der Waals surface area contributed by atoms with Crippen molar-refractivity contribution in [3.63, 3.8) is 0 Å². The van der Waals surface area contributed by atoms with Crippen LogP contribution in [-0.4, -0.2) is 51.0 Å². The van der Waals surface area contributed by atoms with E-state index in [1.54, 1.807) is 0 Å². The minimum atomic E-state index is 0.164. The van der Waals surface area contributed by atoms with Gasteiger partial charge >= 0.3 is 0 Å². The average molecular weight is 394 g/mol. The number of rotatable bonds is 5. The predicted octanol–water partition coefficient (Wildman–Crippen LogP) is 3.10. The van der Waals surface area contributed by atoms with Crippen LogP contribution < -0.4 is 5.32 Å². The maximum Gasteiger partial charge on any atom is 0.224 e. The van der Waals surface area contributed by atoms with Gasteiger partial charge in [0.1, 0.15) is 5.69 Å². The molecule has 3 aliphatic heterocycles. The van der Waals surface area contributed by atoms with E-state index < -0.39 is 0 Å². The molecular formula is C23H31N5O. The third kappa shape index (κ3) is 4.08. The molecule has 2 unspecified atom stereocenters. The molecular weight excluding hydrogens is 362 g/mol. The lowest BCUT2D eigenvalue weighted by Crippen LogP contribution is -2.58. The maximum absolute atomic E-state index is 12.9. The van der Waals surface area contributed by atoms with E-state index in [1.165, 1.54) is 19.3 Å². The van der Waals surface area contributed by atoms with Gasteiger partial charge < -0.3 is 5.32 Å². The number of piperidine rings is 3. The first-order valence-electron chi connectivity index (χ1n) is 11.3. The highest BCUT2D eigenvalue weighted by Crippen LogP contribution is 2.37. The molecule has 0 radical (unpaired) electrons. The van der Waals surface area contributed by atoms with Crippen LogP contribution in [0.3, 0.4) is 0 Å². The summed E-state index contributed by atoms with van der Waals surface area (Å²) < 4.78 is 1.98. The number of carbonyl (C=O) groups excluding carboxylic acids is 1. The van der Waals surface area contributed by atoms with Gasteiger partial charge in [-0.25, -0.2) is 0 Å². The van der Waals surface area contributed by atoms with E-state index in [-0.39, 0.29) is 5.92 Å². The Morgan fingerprint density at radius 1 is 1.10 bits per heavy atom. The second-order valence-corrected chi connectivity index (χ2v) is 9.08. The largest absolute Gasteiger partial charge is 0.353 e. The number of amides is 1. The average Bonchev–Trinajstić information content (AvgIpc) is 3.24. The standard InChI is InChI=1S/C23H31N5O/c29-23(24-19-9-5-2-6-10-19)21-15-27-12-11-18(21)13-20(27)14-28-16-22(25-26-28)17-7-3-1-4-8-17/h1,3-4,7-8,16,18-21H,2,5-6,9-15H2,(H,24,29)/t18?,20-,21+/m1/s1. The van der Waals surface area contributed by atoms with Crippen molar-refractivity contribution in [2.75, 3.05) is 13.1 Å². The molecule has 2 bridgehead atoms. The molecule has 1 amide bonds. The topological polar surface area (TPSA) is 63.1 Å². The molecule has 2 aromatic rings. The van der Waals surface area contributed by atoms with Crippen molar-refractivity contribution in [1.82, 2.24) is 25.2 Å². The van der Waals surface area contributed by atoms with Crippen molar-refractivity contribution in [3.05, 3.63) is 36.5 Å². The van der Waals surface area contributed by atoms with Crippen molar-refractivity contribution in [2.45, 2.75) is 63.6 Å². The summed E-state index contributed by atoms with van der Waals surface area (Å²) in [5, 5.41) is 12.1. The number of fused-ring (bicyclic) bond motifs is 3. The molecule has 1 aromatic heterocycles. The fourth-order valence-corrected chi connectivity index (χ4v) is 5.53. The van der Waals surface area contributed by atoms with Gasteiger partial charge in [0, 0.05) is 24.2 Å². The van der Waals surface area contributed by atoms with Crippen LogP contribution in [0.5, 0.6) is 0 Å². The number of hydrogen-bond acceptors (Lipinski definition) is 4. The molecule has 1 aromatic carbocycles. The zero-order valence-electron chi connectivity index (χ0n) is 17.0. The van der Waals surface area contributed by atoms with Gasteiger partial charge in [0.2, 0.25) is 5.91 Å². The van der Waals surface area contributed by atoms with Crippen molar-refractivity contribution >= 4 is 5.91 Å². The molecule has 4 aliphatic rings. The van der Waals surface area contributed by atoms with Crippen molar-refractivity contribution in [1.29, 1.82) is 0 Å². The molecule has 1 aliphatic carbocycles. The molecule has 6 nitrogen and oxygen atoms in total. The van der Waals surface area contributed by atoms with Gasteiger partial charge in [-0.3, -0.25) is 14.4 Å². The normalized spacial score (nSPS) is 29.7. The molecule has 154 valence electrons. The Hall–Kier alpha value is -2.21. The molecule has 1 N–H and O–H groups in total. The van der Waals surface area contributed by atoms with Gasteiger partial charge in [0.05, 0.1) is 18.7 Å². The first kappa shape index (κ1) is 18.8. The monoisotopic (exact) mass is 393 g/mol. The number of carbonyl (C=O) groups is 1. The molecule has 29 heavy (non-hydrogen) atoms. The highest BCUT2D eigenvalue weighted by molar-refractivity contribution is 5.79. The molecule has 1 saturated carbocycles. The Labute approximate surface area is 172 Å². The number of aromatic nitrogens is 3. The highest BCUT2D eigenvalue weighted by atomic mass is 16.2. The summed E-state index contributed by atoms with van der Waals surface area (Å²) in [5.74, 6) is 0.973. The van der Waals surface area contributed by atoms with Gasteiger partial charge in [-0.2, -0.15) is 0 Å². The predicted molar refractivity (Wildman–Crippen MR) is 112 cm³/mol. The summed E-state index contributed by atoms with van der Waals surface area (Å²) in [4.78, 5) is 15.4. The van der Waals surface area contributed by atoms with Gasteiger partial charge in [-0.1, -0.05) is 54.8 Å². The van der Waals surface area contributed by atoms with Crippen LogP contribution in [0.25, 0.3) is 11.3 Å². The van der Waals surface area contributed by atoms with E-state index in [9.17, 15) is 4.79 Å². The second-order valence-electron chi connectivity index (χ2n) is 9.08. The Morgan fingerprint density at radius 2 is 1.93 bits per heavy atom. The first-order chi connectivity index (χ1) is 14.3. The molecule has 4 fully saturated rings. The minimum absolute atomic E-state index is 0.164. The van der Waals surface area contributed by atoms with Crippen LogP contribution in [0, 0.1) is 11.8 Å². The van der Waals surface area contributed by atoms with Gasteiger partial charge in [0.25, 0.3) is 0 Å². The van der Waals surface area contributed by atoms with Crippen molar-refractivity contribution < 1.29 is 4.79 Å². The summed E-state index contributed by atoms with van der Waals surface area (Å²) in [7, 11) is 0. The minimum Gasteiger partial charge on any atom is -0.353 e. The van der Waals surface area contributed by atoms with E-state index in [0.29, 0.717) is 23.9 Å². The number of hydrogen-bond donors (Lipinski definition) is 1. The van der Waals surface area contributed by atoms with E-state index in [2.05, 4.69) is 32.7 Å². The van der Waals surface area contributed by atoms with Gasteiger partial charge in [-0.05, 0) is 38.1 Å². The van der Waals surface area contributed by atoms with Gasteiger partial charge in [-0.15, -0.1) is 5.10 Å². The quantitative estimate of drug-likeness (QED) is 0.848. The van der Waals surface area contributed by atoms with Crippen LogP contribution in [-0.2, 0) is 11.3 Å². The third-order valence-electron chi connectivity index (χ3n) is 7.17. The zero-order valence-corrected chi connectivity index (χ0v) is 17.0. The lowest BCUT2D eigenvalue weighted by molar-refractivity contribution is -0.134. The highest BCUT2D eigenvalue weighted by Gasteiger charge is 2.43. The Morgan fingerprint density at radius 3 is 2.69 bits per heavy atom. The van der Waals surface area contributed by atoms with E-state index in [1.807, 2.05) is 29.1 Å². The van der Waals surface area contributed by atoms with Crippen LogP contribution in [0.2, 0.25) is 0 Å². The number of nitrogens with one attached hydrogen (secondary N) is 1. The molecule has 4 heterocycles. The lowest BCUT2D eigenvalue weighted by atomic mass is 9.75. The Kier molecular flexibility index (Phi) is 5.36. The fourth-order valence-electron chi connectivity index (χ4n) is 5.53. The molecule has 6 heteroatoms. The van der Waals surface area contributed by atoms with Crippen molar-refractivity contribution in [3.8, 4) is 11.3 Å². The lowest BCUT2D eigenvalue weighted by Gasteiger charge is -2.49. The zero-order chi connectivity index (χ0) is 19.6. The molecule has 4 atom stereocenters. The van der Waals surface area contributed by atoms with Gasteiger partial charge in [0.15, 0.2) is 0 Å². The molecule has 3 saturated heterocycles. The molecule has 6 rings (SSSR count). The summed E-state index contributed by atoms with van der Waals surface area (Å²) in [6.07, 6.45) is 10.4. The Balaban J connectivity index is 1.19. The smallest absolute Gasteiger partial charge is 0.224 e. The summed E-state index contributed by atoms with van der Waals surface area (Å²) in [5.41, 5.74) is 2.02. The maximum atomic E-state index is 12.9. The summed E-state index contributed by atoms with van der Waals surface area (Å²) in [6.45, 7) is 2.85. The van der Waals surface area contributed by atoms with E-state index in [0.717, 1.165) is 56.6 Å². The van der Waals surface area contributed by atoms with Crippen LogP contribution in [0.4, 0.5) is 0 Å². The Bertz CT molecular complexity index is 829. The molecule has 0 spiro atoms. The third-order valence-corrected chi connectivity index (χ3v) is 7.17. The second kappa shape index (κ2) is 8.27. The number of nitrogens with zero attached hydrogens (tertiary/aromatic N) is 4. The first-order valence-corrected chi connectivity index (χ1v) is 11.3. The SMILES string of the molecule is O=C(NC1CCCCC1)[C@H]1CN2CCC1C[C@@H]2Cn1cc(-c2ccccc2)nn1. The van der Waals surface area contributed by atoms with Crippen LogP contribution in [0.1, 0.15) is 44.9 Å². The fraction of sp³-hybridized carbons (Fsp3) is 0.609. The van der Waals surface area contributed by atoms with Crippen LogP contribution in [0.15, 0.2) is 36.5 Å².